The molecule has 3 aliphatic carbocycles. The maximum atomic E-state index is 14.4. The number of allylic oxidation sites excluding steroid dienone is 1. The lowest BCUT2D eigenvalue weighted by Gasteiger charge is -2.50. The average molecular weight is 646 g/mol. The van der Waals surface area contributed by atoms with Crippen molar-refractivity contribution >= 4 is 23.2 Å². The first-order valence-electron chi connectivity index (χ1n) is 15.3. The Hall–Kier alpha value is -4.92. The molecule has 0 saturated carbocycles. The van der Waals surface area contributed by atoms with Crippen LogP contribution < -0.4 is 10.6 Å². The number of hydrogen-bond donors (Lipinski definition) is 7. The van der Waals surface area contributed by atoms with E-state index in [1.807, 2.05) is 49.5 Å². The highest BCUT2D eigenvalue weighted by Gasteiger charge is 2.63. The van der Waals surface area contributed by atoms with Crippen LogP contribution in [-0.4, -0.2) is 103 Å². The van der Waals surface area contributed by atoms with Gasteiger partial charge < -0.3 is 36.0 Å². The second kappa shape index (κ2) is 11.7. The van der Waals surface area contributed by atoms with Crippen molar-refractivity contribution in [3.05, 3.63) is 87.4 Å². The first-order valence-corrected chi connectivity index (χ1v) is 15.3. The monoisotopic (exact) mass is 645 g/mol. The van der Waals surface area contributed by atoms with Gasteiger partial charge in [0.2, 0.25) is 5.78 Å². The quantitative estimate of drug-likeness (QED) is 0.165. The molecule has 4 atom stereocenters. The highest BCUT2D eigenvalue weighted by Crippen LogP contribution is 2.53. The molecule has 3 aromatic rings. The van der Waals surface area contributed by atoms with E-state index in [1.54, 1.807) is 20.3 Å². The van der Waals surface area contributed by atoms with Crippen LogP contribution >= 0.6 is 0 Å². The number of phenolic OH excluding ortho intramolecular Hbond substituents is 1. The first kappa shape index (κ1) is 32.0. The fourth-order valence-electron chi connectivity index (χ4n) is 7.60. The third-order valence-electron chi connectivity index (χ3n) is 9.66. The summed E-state index contributed by atoms with van der Waals surface area (Å²) in [4.78, 5) is 49.0. The Balaban J connectivity index is 1.46. The van der Waals surface area contributed by atoms with Crippen molar-refractivity contribution < 1.29 is 34.8 Å². The van der Waals surface area contributed by atoms with Gasteiger partial charge in [-0.15, -0.1) is 0 Å². The zero-order valence-electron chi connectivity index (χ0n) is 26.6. The van der Waals surface area contributed by atoms with Gasteiger partial charge in [-0.3, -0.25) is 29.3 Å². The van der Waals surface area contributed by atoms with Crippen LogP contribution in [0.5, 0.6) is 5.75 Å². The minimum atomic E-state index is -2.70. The number of amides is 1. The van der Waals surface area contributed by atoms with Crippen LogP contribution in [0.15, 0.2) is 59.3 Å². The summed E-state index contributed by atoms with van der Waals surface area (Å²) < 4.78 is 0. The van der Waals surface area contributed by atoms with E-state index in [2.05, 4.69) is 20.1 Å². The number of likely N-dealkylation sites (N-methyl/N-ethyl adjacent to an activating group) is 1. The normalized spacial score (nSPS) is 24.1. The molecular weight excluding hydrogens is 606 g/mol. The number of anilines is 1. The van der Waals surface area contributed by atoms with E-state index >= 15 is 0 Å². The number of Topliss-reactive ketones (excluding diaryl/α,β-unsaturated/α-hetero) is 2. The van der Waals surface area contributed by atoms with Crippen LogP contribution in [0, 0.1) is 11.8 Å². The number of benzene rings is 1. The maximum Gasteiger partial charge on any atom is 0.255 e. The number of primary amides is 1. The van der Waals surface area contributed by atoms with E-state index in [0.717, 1.165) is 11.4 Å². The number of carbonyl (C=O) groups excluding carboxylic acids is 3. The molecule has 0 aliphatic heterocycles. The molecule has 47 heavy (non-hydrogen) atoms. The molecule has 248 valence electrons. The number of fused-ring (bicyclic) bond motifs is 3. The predicted molar refractivity (Wildman–Crippen MR) is 170 cm³/mol. The standard InChI is InChI=1S/C33H39N7O7/c1-38(2)22-12-17(13-40(14-18-6-5-8-35-18)15-19-7-9-36-37-19)27(41)24-20(22)10-16-11-21-26(39(3)4)29(43)25(32(34)46)31(45)33(21,47)30(44)23(16)28(24)42/h5-9,12,16,21,26,35,41,43-44,47H,10-11,13-15H2,1-4H3,(H2,34,46)(H,36,37)/t16-,21-,26-,33-/m0/s1. The number of ketones is 2. The molecule has 0 radical (unpaired) electrons. The number of rotatable bonds is 9. The Bertz CT molecular complexity index is 1770. The zero-order valence-corrected chi connectivity index (χ0v) is 26.6. The molecule has 8 N–H and O–H groups in total. The summed E-state index contributed by atoms with van der Waals surface area (Å²) in [6.07, 6.45) is 3.71. The van der Waals surface area contributed by atoms with Gasteiger partial charge in [0.15, 0.2) is 11.4 Å². The number of aliphatic hydroxyl groups excluding tert-OH is 2. The summed E-state index contributed by atoms with van der Waals surface area (Å²) in [5.41, 5.74) is 5.22. The number of aromatic amines is 2. The number of aromatic hydroxyl groups is 1. The highest BCUT2D eigenvalue weighted by atomic mass is 16.3. The first-order chi connectivity index (χ1) is 22.2. The van der Waals surface area contributed by atoms with E-state index in [1.165, 1.54) is 4.90 Å². The SMILES string of the molecule is CN(C)c1cc(CN(Cc2ccc[nH]2)Cc2ccn[nH]2)c(O)c2c1C[C@H]1C[C@H]3[C@H](N(C)C)C(O)=C(C(N)=O)C(=O)[C@@]3(O)C(O)=C1C2=O. The average Bonchev–Trinajstić information content (AvgIpc) is 3.70. The molecule has 3 aliphatic rings. The highest BCUT2D eigenvalue weighted by molar-refractivity contribution is 6.25. The molecule has 0 saturated heterocycles. The fraction of sp³-hybridized carbons (Fsp3) is 0.394. The summed E-state index contributed by atoms with van der Waals surface area (Å²) in [5, 5.41) is 53.4. The van der Waals surface area contributed by atoms with Crippen LogP contribution in [0.25, 0.3) is 0 Å². The van der Waals surface area contributed by atoms with Crippen molar-refractivity contribution in [2.75, 3.05) is 33.1 Å². The maximum absolute atomic E-state index is 14.4. The Labute approximate surface area is 270 Å². The van der Waals surface area contributed by atoms with Gasteiger partial charge >= 0.3 is 0 Å². The van der Waals surface area contributed by atoms with Crippen LogP contribution in [-0.2, 0) is 35.6 Å². The summed E-state index contributed by atoms with van der Waals surface area (Å²) in [7, 11) is 6.87. The topological polar surface area (TPSA) is 212 Å². The fourth-order valence-corrected chi connectivity index (χ4v) is 7.60. The summed E-state index contributed by atoms with van der Waals surface area (Å²) in [6.45, 7) is 1.19. The van der Waals surface area contributed by atoms with Gasteiger partial charge in [0.25, 0.3) is 5.91 Å². The number of nitrogens with one attached hydrogen (secondary N) is 2. The van der Waals surface area contributed by atoms with Crippen molar-refractivity contribution in [1.82, 2.24) is 25.0 Å². The molecule has 2 heterocycles. The lowest BCUT2D eigenvalue weighted by atomic mass is 9.58. The molecular formula is C33H39N7O7. The molecule has 0 bridgehead atoms. The van der Waals surface area contributed by atoms with E-state index < -0.39 is 58.0 Å². The predicted octanol–water partition coefficient (Wildman–Crippen LogP) is 1.44. The van der Waals surface area contributed by atoms with E-state index in [-0.39, 0.29) is 36.3 Å². The Kier molecular flexibility index (Phi) is 7.98. The van der Waals surface area contributed by atoms with E-state index in [0.29, 0.717) is 29.9 Å². The molecule has 0 spiro atoms. The molecule has 1 aromatic carbocycles. The summed E-state index contributed by atoms with van der Waals surface area (Å²) in [6, 6.07) is 6.49. The van der Waals surface area contributed by atoms with Crippen molar-refractivity contribution in [3.8, 4) is 5.75 Å². The van der Waals surface area contributed by atoms with E-state index in [9.17, 15) is 34.8 Å². The van der Waals surface area contributed by atoms with E-state index in [4.69, 9.17) is 5.73 Å². The number of aromatic nitrogens is 3. The van der Waals surface area contributed by atoms with Gasteiger partial charge in [-0.05, 0) is 62.7 Å². The zero-order chi connectivity index (χ0) is 33.9. The molecule has 6 rings (SSSR count). The Morgan fingerprint density at radius 2 is 1.81 bits per heavy atom. The molecule has 14 nitrogen and oxygen atoms in total. The van der Waals surface area contributed by atoms with Crippen molar-refractivity contribution in [2.24, 2.45) is 17.6 Å². The lowest BCUT2D eigenvalue weighted by molar-refractivity contribution is -0.148. The summed E-state index contributed by atoms with van der Waals surface area (Å²) in [5.74, 6) is -6.75. The number of aliphatic hydroxyl groups is 3. The molecule has 1 amide bonds. The largest absolute Gasteiger partial charge is 0.510 e. The summed E-state index contributed by atoms with van der Waals surface area (Å²) >= 11 is 0. The van der Waals surface area contributed by atoms with Gasteiger partial charge in [-0.2, -0.15) is 5.10 Å². The number of nitrogens with zero attached hydrogens (tertiary/aromatic N) is 4. The second-order valence-electron chi connectivity index (χ2n) is 13.0. The third kappa shape index (κ3) is 5.08. The number of carbonyl (C=O) groups is 3. The second-order valence-corrected chi connectivity index (χ2v) is 13.0. The molecule has 14 heteroatoms. The smallest absolute Gasteiger partial charge is 0.255 e. The van der Waals surface area contributed by atoms with Crippen LogP contribution in [0.1, 0.15) is 39.3 Å². The minimum Gasteiger partial charge on any atom is -0.510 e. The minimum absolute atomic E-state index is 0.0201. The van der Waals surface area contributed by atoms with Crippen molar-refractivity contribution in [3.63, 3.8) is 0 Å². The van der Waals surface area contributed by atoms with Gasteiger partial charge in [-0.25, -0.2) is 0 Å². The number of H-pyrrole nitrogens is 2. The number of phenols is 1. The van der Waals surface area contributed by atoms with Gasteiger partial charge in [0.1, 0.15) is 22.8 Å². The molecule has 0 fully saturated rings. The number of nitrogens with two attached hydrogens (primary N) is 1. The van der Waals surface area contributed by atoms with Gasteiger partial charge in [0, 0.05) is 80.3 Å². The van der Waals surface area contributed by atoms with Crippen LogP contribution in [0.4, 0.5) is 5.69 Å². The lowest BCUT2D eigenvalue weighted by Crippen LogP contribution is -2.63. The van der Waals surface area contributed by atoms with Crippen LogP contribution in [0.3, 0.4) is 0 Å². The van der Waals surface area contributed by atoms with Gasteiger partial charge in [0.05, 0.1) is 11.6 Å². The molecule has 2 aromatic heterocycles. The number of hydrogen-bond acceptors (Lipinski definition) is 11. The Morgan fingerprint density at radius 3 is 2.40 bits per heavy atom. The van der Waals surface area contributed by atoms with Crippen molar-refractivity contribution in [2.45, 2.75) is 44.1 Å². The van der Waals surface area contributed by atoms with Gasteiger partial charge in [-0.1, -0.05) is 0 Å². The molecule has 0 unspecified atom stereocenters. The van der Waals surface area contributed by atoms with Crippen LogP contribution in [0.2, 0.25) is 0 Å². The van der Waals surface area contributed by atoms with Crippen molar-refractivity contribution in [1.29, 1.82) is 0 Å². The third-order valence-corrected chi connectivity index (χ3v) is 9.66. The Morgan fingerprint density at radius 1 is 1.09 bits per heavy atom.